The van der Waals surface area contributed by atoms with Gasteiger partial charge in [0, 0.05) is 17.8 Å². The van der Waals surface area contributed by atoms with Gasteiger partial charge in [-0.3, -0.25) is 14.5 Å². The molecule has 0 spiro atoms. The normalized spacial score (nSPS) is 14.9. The van der Waals surface area contributed by atoms with E-state index in [2.05, 4.69) is 0 Å². The molecule has 22 heavy (non-hydrogen) atoms. The maximum atomic E-state index is 12.9. The summed E-state index contributed by atoms with van der Waals surface area (Å²) >= 11 is 5.98. The summed E-state index contributed by atoms with van der Waals surface area (Å²) in [7, 11) is 1.69. The van der Waals surface area contributed by atoms with Crippen molar-refractivity contribution in [2.75, 3.05) is 23.4 Å². The number of fused-ring (bicyclic) bond motifs is 1. The monoisotopic (exact) mass is 314 g/mol. The van der Waals surface area contributed by atoms with Crippen molar-refractivity contribution in [1.82, 2.24) is 0 Å². The molecule has 1 aliphatic heterocycles. The molecule has 0 aliphatic carbocycles. The highest BCUT2D eigenvalue weighted by molar-refractivity contribution is 6.30. The summed E-state index contributed by atoms with van der Waals surface area (Å²) < 4.78 is 0. The Balaban J connectivity index is 2.14. The number of nitrogens with zero attached hydrogens (tertiary/aromatic N) is 2. The Labute approximate surface area is 133 Å². The molecule has 4 nitrogen and oxygen atoms in total. The summed E-state index contributed by atoms with van der Waals surface area (Å²) in [5.41, 5.74) is 2.71. The van der Waals surface area contributed by atoms with Crippen LogP contribution in [0.5, 0.6) is 0 Å². The molecule has 1 aliphatic rings. The van der Waals surface area contributed by atoms with Gasteiger partial charge in [-0.1, -0.05) is 23.7 Å². The van der Waals surface area contributed by atoms with Crippen LogP contribution in [-0.4, -0.2) is 25.4 Å². The first kappa shape index (κ1) is 14.6. The maximum Gasteiger partial charge on any atom is 0.260 e. The van der Waals surface area contributed by atoms with Crippen molar-refractivity contribution in [2.24, 2.45) is 0 Å². The van der Waals surface area contributed by atoms with Crippen LogP contribution in [0.2, 0.25) is 5.02 Å². The van der Waals surface area contributed by atoms with Crippen LogP contribution >= 0.6 is 11.6 Å². The highest BCUT2D eigenvalue weighted by atomic mass is 35.5. The second-order valence-electron chi connectivity index (χ2n) is 5.29. The van der Waals surface area contributed by atoms with E-state index in [1.807, 2.05) is 13.0 Å². The minimum absolute atomic E-state index is 0.00643. The van der Waals surface area contributed by atoms with Gasteiger partial charge in [-0.2, -0.15) is 0 Å². The Morgan fingerprint density at radius 1 is 1.05 bits per heavy atom. The number of hydrogen-bond donors (Lipinski definition) is 0. The van der Waals surface area contributed by atoms with Crippen LogP contribution in [-0.2, 0) is 4.79 Å². The lowest BCUT2D eigenvalue weighted by atomic mass is 10.1. The van der Waals surface area contributed by atoms with Crippen LogP contribution in [0, 0.1) is 6.92 Å². The Morgan fingerprint density at radius 2 is 1.77 bits per heavy atom. The van der Waals surface area contributed by atoms with E-state index < -0.39 is 0 Å². The number of anilines is 2. The first-order valence-electron chi connectivity index (χ1n) is 6.92. The van der Waals surface area contributed by atoms with Crippen LogP contribution in [0.15, 0.2) is 42.5 Å². The van der Waals surface area contributed by atoms with Gasteiger partial charge in [0.25, 0.3) is 5.91 Å². The van der Waals surface area contributed by atoms with E-state index in [-0.39, 0.29) is 18.4 Å². The van der Waals surface area contributed by atoms with Gasteiger partial charge in [0.1, 0.15) is 6.54 Å². The molecule has 0 saturated heterocycles. The number of amides is 2. The fourth-order valence-electron chi connectivity index (χ4n) is 2.66. The predicted octanol–water partition coefficient (Wildman–Crippen LogP) is 3.27. The number of hydrogen-bond acceptors (Lipinski definition) is 2. The van der Waals surface area contributed by atoms with Crippen molar-refractivity contribution in [3.05, 3.63) is 58.6 Å². The standard InChI is InChI=1S/C17H15ClN2O2/c1-11-9-12(18)7-8-14(11)20-10-16(21)19(2)15-6-4-3-5-13(15)17(20)22/h3-9H,10H2,1-2H3. The van der Waals surface area contributed by atoms with Gasteiger partial charge in [-0.05, 0) is 42.8 Å². The average Bonchev–Trinajstić information content (AvgIpc) is 2.59. The molecule has 5 heteroatoms. The molecule has 0 unspecified atom stereocenters. The van der Waals surface area contributed by atoms with Crippen LogP contribution in [0.1, 0.15) is 15.9 Å². The number of para-hydroxylation sites is 1. The Bertz CT molecular complexity index is 773. The summed E-state index contributed by atoms with van der Waals surface area (Å²) in [4.78, 5) is 28.3. The van der Waals surface area contributed by atoms with Crippen LogP contribution in [0.3, 0.4) is 0 Å². The van der Waals surface area contributed by atoms with Crippen molar-refractivity contribution in [2.45, 2.75) is 6.92 Å². The summed E-state index contributed by atoms with van der Waals surface area (Å²) in [5, 5.41) is 0.604. The molecule has 0 radical (unpaired) electrons. The zero-order chi connectivity index (χ0) is 15.9. The molecule has 1 heterocycles. The molecular formula is C17H15ClN2O2. The minimum Gasteiger partial charge on any atom is -0.313 e. The largest absolute Gasteiger partial charge is 0.313 e. The first-order chi connectivity index (χ1) is 10.5. The molecule has 0 saturated carbocycles. The number of likely N-dealkylation sites (N-methyl/N-ethyl adjacent to an activating group) is 1. The van der Waals surface area contributed by atoms with Gasteiger partial charge in [0.15, 0.2) is 0 Å². The van der Waals surface area contributed by atoms with E-state index in [1.54, 1.807) is 43.4 Å². The van der Waals surface area contributed by atoms with Gasteiger partial charge >= 0.3 is 0 Å². The second-order valence-corrected chi connectivity index (χ2v) is 5.73. The third kappa shape index (κ3) is 2.35. The third-order valence-electron chi connectivity index (χ3n) is 3.86. The molecule has 3 rings (SSSR count). The van der Waals surface area contributed by atoms with Crippen molar-refractivity contribution in [3.63, 3.8) is 0 Å². The minimum atomic E-state index is -0.182. The van der Waals surface area contributed by atoms with Crippen molar-refractivity contribution in [3.8, 4) is 0 Å². The highest BCUT2D eigenvalue weighted by Gasteiger charge is 2.30. The van der Waals surface area contributed by atoms with E-state index in [0.29, 0.717) is 22.0 Å². The van der Waals surface area contributed by atoms with Crippen LogP contribution in [0.25, 0.3) is 0 Å². The lowest BCUT2D eigenvalue weighted by molar-refractivity contribution is -0.116. The predicted molar refractivity (Wildman–Crippen MR) is 87.7 cm³/mol. The van der Waals surface area contributed by atoms with Crippen molar-refractivity contribution >= 4 is 34.8 Å². The van der Waals surface area contributed by atoms with E-state index in [0.717, 1.165) is 5.56 Å². The van der Waals surface area contributed by atoms with Crippen LogP contribution < -0.4 is 9.80 Å². The number of carbonyl (C=O) groups excluding carboxylic acids is 2. The number of halogens is 1. The zero-order valence-electron chi connectivity index (χ0n) is 12.3. The Hall–Kier alpha value is -2.33. The van der Waals surface area contributed by atoms with Crippen LogP contribution in [0.4, 0.5) is 11.4 Å². The molecule has 2 amide bonds. The summed E-state index contributed by atoms with van der Waals surface area (Å²) in [5.74, 6) is -0.314. The molecule has 0 fully saturated rings. The molecule has 2 aromatic carbocycles. The van der Waals surface area contributed by atoms with E-state index >= 15 is 0 Å². The zero-order valence-corrected chi connectivity index (χ0v) is 13.1. The number of aryl methyl sites for hydroxylation is 1. The molecule has 2 aromatic rings. The molecule has 0 bridgehead atoms. The Kier molecular flexibility index (Phi) is 3.62. The first-order valence-corrected chi connectivity index (χ1v) is 7.30. The third-order valence-corrected chi connectivity index (χ3v) is 4.09. The topological polar surface area (TPSA) is 40.6 Å². The Morgan fingerprint density at radius 3 is 2.50 bits per heavy atom. The smallest absolute Gasteiger partial charge is 0.260 e. The fourth-order valence-corrected chi connectivity index (χ4v) is 2.88. The summed E-state index contributed by atoms with van der Waals surface area (Å²) in [6, 6.07) is 12.4. The van der Waals surface area contributed by atoms with E-state index in [9.17, 15) is 9.59 Å². The summed E-state index contributed by atoms with van der Waals surface area (Å²) in [6.45, 7) is 1.88. The quantitative estimate of drug-likeness (QED) is 0.810. The lowest BCUT2D eigenvalue weighted by Crippen LogP contribution is -2.38. The highest BCUT2D eigenvalue weighted by Crippen LogP contribution is 2.30. The summed E-state index contributed by atoms with van der Waals surface area (Å²) in [6.07, 6.45) is 0. The molecule has 0 N–H and O–H groups in total. The van der Waals surface area contributed by atoms with Gasteiger partial charge in [0.2, 0.25) is 5.91 Å². The molecule has 0 aromatic heterocycles. The lowest BCUT2D eigenvalue weighted by Gasteiger charge is -2.22. The molecular weight excluding hydrogens is 300 g/mol. The second kappa shape index (κ2) is 5.46. The van der Waals surface area contributed by atoms with Gasteiger partial charge in [-0.15, -0.1) is 0 Å². The number of benzene rings is 2. The van der Waals surface area contributed by atoms with Gasteiger partial charge in [0.05, 0.1) is 11.3 Å². The number of rotatable bonds is 1. The van der Waals surface area contributed by atoms with Gasteiger partial charge < -0.3 is 4.90 Å². The average molecular weight is 315 g/mol. The van der Waals surface area contributed by atoms with Gasteiger partial charge in [-0.25, -0.2) is 0 Å². The SMILES string of the molecule is Cc1cc(Cl)ccc1N1CC(=O)N(C)c2ccccc2C1=O. The van der Waals surface area contributed by atoms with E-state index in [1.165, 1.54) is 9.80 Å². The van der Waals surface area contributed by atoms with Crippen molar-refractivity contribution < 1.29 is 9.59 Å². The molecule has 0 atom stereocenters. The maximum absolute atomic E-state index is 12.9. The van der Waals surface area contributed by atoms with E-state index in [4.69, 9.17) is 11.6 Å². The fraction of sp³-hybridized carbons (Fsp3) is 0.176. The molecule has 112 valence electrons. The number of carbonyl (C=O) groups is 2. The van der Waals surface area contributed by atoms with Crippen molar-refractivity contribution in [1.29, 1.82) is 0 Å².